The summed E-state index contributed by atoms with van der Waals surface area (Å²) >= 11 is 0. The van der Waals surface area contributed by atoms with Crippen LogP contribution >= 0.6 is 0 Å². The van der Waals surface area contributed by atoms with Crippen molar-refractivity contribution in [1.29, 1.82) is 0 Å². The maximum Gasteiger partial charge on any atom is 0.107 e. The summed E-state index contributed by atoms with van der Waals surface area (Å²) in [5.41, 5.74) is 3.91. The Bertz CT molecular complexity index is 1840. The molecule has 0 amide bonds. The van der Waals surface area contributed by atoms with Gasteiger partial charge in [0.25, 0.3) is 0 Å². The molecule has 0 aliphatic rings. The highest BCUT2D eigenvalue weighted by molar-refractivity contribution is 6.23. The summed E-state index contributed by atoms with van der Waals surface area (Å²) in [5.74, 6) is 0. The molecule has 156 valence electrons. The van der Waals surface area contributed by atoms with Crippen LogP contribution in [-0.2, 0) is 0 Å². The third kappa shape index (κ3) is 2.41. The zero-order valence-electron chi connectivity index (χ0n) is 18.0. The fourth-order valence-electron chi connectivity index (χ4n) is 5.65. The van der Waals surface area contributed by atoms with Gasteiger partial charge < -0.3 is 9.67 Å². The smallest absolute Gasteiger partial charge is 0.107 e. The van der Waals surface area contributed by atoms with E-state index < -0.39 is 6.10 Å². The van der Waals surface area contributed by atoms with Crippen LogP contribution in [-0.4, -0.2) is 9.67 Å². The van der Waals surface area contributed by atoms with Crippen molar-refractivity contribution in [2.24, 2.45) is 0 Å². The number of aliphatic hydroxyl groups is 1. The molecule has 0 radical (unpaired) electrons. The molecule has 33 heavy (non-hydrogen) atoms. The monoisotopic (exact) mass is 423 g/mol. The van der Waals surface area contributed by atoms with Gasteiger partial charge in [-0.3, -0.25) is 0 Å². The third-order valence-electron chi connectivity index (χ3n) is 7.10. The number of hydrogen-bond acceptors (Lipinski definition) is 1. The van der Waals surface area contributed by atoms with Gasteiger partial charge in [0.15, 0.2) is 0 Å². The Hall–Kier alpha value is -4.14. The van der Waals surface area contributed by atoms with Gasteiger partial charge in [0, 0.05) is 22.5 Å². The average Bonchev–Trinajstić information content (AvgIpc) is 3.20. The van der Waals surface area contributed by atoms with Crippen LogP contribution in [0, 0.1) is 0 Å². The quantitative estimate of drug-likeness (QED) is 0.287. The Kier molecular flexibility index (Phi) is 3.73. The molecule has 7 aromatic rings. The summed E-state index contributed by atoms with van der Waals surface area (Å²) in [6.07, 6.45) is 1.08. The van der Waals surface area contributed by atoms with Gasteiger partial charge in [-0.15, -0.1) is 0 Å². The molecular formula is C31H21NO. The Morgan fingerprint density at radius 1 is 0.606 bits per heavy atom. The number of aromatic nitrogens is 1. The first-order valence-electron chi connectivity index (χ1n) is 11.2. The molecule has 7 rings (SSSR count). The molecule has 2 nitrogen and oxygen atoms in total. The summed E-state index contributed by atoms with van der Waals surface area (Å²) < 4.78 is 2.10. The molecule has 1 unspecified atom stereocenters. The second-order valence-electron chi connectivity index (χ2n) is 8.73. The predicted molar refractivity (Wildman–Crippen MR) is 140 cm³/mol. The largest absolute Gasteiger partial charge is 0.384 e. The number of rotatable bonds is 3. The maximum atomic E-state index is 11.8. The zero-order chi connectivity index (χ0) is 22.1. The lowest BCUT2D eigenvalue weighted by atomic mass is 9.88. The van der Waals surface area contributed by atoms with E-state index in [1.807, 2.05) is 24.4 Å². The highest BCUT2D eigenvalue weighted by Gasteiger charge is 2.21. The number of fused-ring (bicyclic) bond motifs is 3. The Morgan fingerprint density at radius 2 is 1.27 bits per heavy atom. The average molecular weight is 424 g/mol. The number of para-hydroxylation sites is 2. The van der Waals surface area contributed by atoms with E-state index in [4.69, 9.17) is 0 Å². The van der Waals surface area contributed by atoms with E-state index in [1.165, 1.54) is 26.9 Å². The van der Waals surface area contributed by atoms with Gasteiger partial charge in [0.1, 0.15) is 6.10 Å². The lowest BCUT2D eigenvalue weighted by molar-refractivity contribution is 0.223. The summed E-state index contributed by atoms with van der Waals surface area (Å²) in [7, 11) is 0. The molecular weight excluding hydrogens is 402 g/mol. The molecule has 0 bridgehead atoms. The number of aliphatic hydroxyl groups excluding tert-OH is 1. The molecule has 1 N–H and O–H groups in total. The first-order chi connectivity index (χ1) is 16.3. The second kappa shape index (κ2) is 6.68. The molecule has 1 heterocycles. The van der Waals surface area contributed by atoms with Crippen molar-refractivity contribution in [3.8, 4) is 0 Å². The van der Waals surface area contributed by atoms with Crippen LogP contribution in [0.25, 0.3) is 60.3 Å². The highest BCUT2D eigenvalue weighted by Crippen LogP contribution is 2.41. The first kappa shape index (κ1) is 18.4. The van der Waals surface area contributed by atoms with Crippen LogP contribution in [0.2, 0.25) is 0 Å². The van der Waals surface area contributed by atoms with Gasteiger partial charge in [-0.2, -0.15) is 0 Å². The molecule has 0 aliphatic heterocycles. The summed E-state index contributed by atoms with van der Waals surface area (Å²) in [6, 6.07) is 33.8. The van der Waals surface area contributed by atoms with Crippen molar-refractivity contribution in [2.45, 2.75) is 6.10 Å². The molecule has 0 aliphatic carbocycles. The van der Waals surface area contributed by atoms with Gasteiger partial charge >= 0.3 is 0 Å². The van der Waals surface area contributed by atoms with Gasteiger partial charge in [0.05, 0.1) is 11.0 Å². The van der Waals surface area contributed by atoms with Gasteiger partial charge in [-0.25, -0.2) is 0 Å². The zero-order valence-corrected chi connectivity index (χ0v) is 18.0. The van der Waals surface area contributed by atoms with Crippen molar-refractivity contribution in [2.75, 3.05) is 0 Å². The van der Waals surface area contributed by atoms with E-state index in [2.05, 4.69) is 90.0 Å². The third-order valence-corrected chi connectivity index (χ3v) is 7.10. The molecule has 1 atom stereocenters. The molecule has 2 heteroatoms. The Balaban J connectivity index is 1.56. The lowest BCUT2D eigenvalue weighted by Gasteiger charge is -2.19. The van der Waals surface area contributed by atoms with Crippen LogP contribution < -0.4 is 0 Å². The van der Waals surface area contributed by atoms with Crippen LogP contribution in [0.5, 0.6) is 0 Å². The van der Waals surface area contributed by atoms with Crippen LogP contribution in [0.4, 0.5) is 0 Å². The fraction of sp³-hybridized carbons (Fsp3) is 0.0323. The van der Waals surface area contributed by atoms with E-state index in [-0.39, 0.29) is 0 Å². The molecule has 0 saturated carbocycles. The standard InChI is InChI=1S/C31H21NO/c1-2-32-27-12-4-3-9-22(27)24-10-6-11-26(30(24)32)31(33)25-18-16-21-14-13-19-7-5-8-20-15-17-23(25)29(21)28(19)20/h2-18,31,33H,1H2. The number of nitrogens with zero attached hydrogens (tertiary/aromatic N) is 1. The van der Waals surface area contributed by atoms with Crippen molar-refractivity contribution >= 4 is 60.3 Å². The van der Waals surface area contributed by atoms with Crippen molar-refractivity contribution in [3.05, 3.63) is 115 Å². The van der Waals surface area contributed by atoms with Crippen molar-refractivity contribution < 1.29 is 5.11 Å². The van der Waals surface area contributed by atoms with E-state index >= 15 is 0 Å². The summed E-state index contributed by atoms with van der Waals surface area (Å²) in [4.78, 5) is 0. The molecule has 6 aromatic carbocycles. The van der Waals surface area contributed by atoms with Gasteiger partial charge in [0.2, 0.25) is 0 Å². The van der Waals surface area contributed by atoms with Crippen LogP contribution in [0.1, 0.15) is 17.2 Å². The molecule has 1 aromatic heterocycles. The van der Waals surface area contributed by atoms with E-state index in [0.29, 0.717) is 0 Å². The van der Waals surface area contributed by atoms with Gasteiger partial charge in [-0.1, -0.05) is 97.6 Å². The Labute approximate surface area is 190 Å². The first-order valence-corrected chi connectivity index (χ1v) is 11.2. The molecule has 0 saturated heterocycles. The number of hydrogen-bond donors (Lipinski definition) is 1. The molecule has 0 spiro atoms. The van der Waals surface area contributed by atoms with Crippen LogP contribution in [0.15, 0.2) is 104 Å². The molecule has 0 fully saturated rings. The highest BCUT2D eigenvalue weighted by atomic mass is 16.3. The van der Waals surface area contributed by atoms with E-state index in [1.54, 1.807) is 0 Å². The topological polar surface area (TPSA) is 25.2 Å². The lowest BCUT2D eigenvalue weighted by Crippen LogP contribution is -2.03. The van der Waals surface area contributed by atoms with Gasteiger partial charge in [-0.05, 0) is 43.9 Å². The Morgan fingerprint density at radius 3 is 2.09 bits per heavy atom. The maximum absolute atomic E-state index is 11.8. The van der Waals surface area contributed by atoms with Crippen molar-refractivity contribution in [1.82, 2.24) is 4.57 Å². The summed E-state index contributed by atoms with van der Waals surface area (Å²) in [5, 5.41) is 21.3. The fourth-order valence-corrected chi connectivity index (χ4v) is 5.65. The second-order valence-corrected chi connectivity index (χ2v) is 8.73. The van der Waals surface area contributed by atoms with Crippen LogP contribution in [0.3, 0.4) is 0 Å². The SMILES string of the molecule is C=Cn1c2ccccc2c2cccc(C(O)c3ccc4ccc5cccc6ccc3c4c56)c21. The summed E-state index contributed by atoms with van der Waals surface area (Å²) in [6.45, 7) is 4.06. The minimum atomic E-state index is -0.763. The normalized spacial score (nSPS) is 13.0. The van der Waals surface area contributed by atoms with E-state index in [9.17, 15) is 5.11 Å². The predicted octanol–water partition coefficient (Wildman–Crippen LogP) is 7.87. The minimum absolute atomic E-state index is 0.763. The van der Waals surface area contributed by atoms with E-state index in [0.717, 1.165) is 38.3 Å². The number of benzene rings is 6. The van der Waals surface area contributed by atoms with Crippen molar-refractivity contribution in [3.63, 3.8) is 0 Å². The minimum Gasteiger partial charge on any atom is -0.384 e.